The summed E-state index contributed by atoms with van der Waals surface area (Å²) in [5.41, 5.74) is 1.78. The summed E-state index contributed by atoms with van der Waals surface area (Å²) < 4.78 is 38.2. The molecule has 0 spiro atoms. The molecule has 0 fully saturated rings. The molecule has 1 aromatic rings. The average molecular weight is 316 g/mol. The van der Waals surface area contributed by atoms with Crippen molar-refractivity contribution in [2.75, 3.05) is 30.4 Å². The van der Waals surface area contributed by atoms with Gasteiger partial charge in [0.25, 0.3) is 0 Å². The first-order valence-corrected chi connectivity index (χ1v) is 9.87. The molecule has 0 aromatic heterocycles. The molecule has 0 bridgehead atoms. The fourth-order valence-electron chi connectivity index (χ4n) is 2.29. The van der Waals surface area contributed by atoms with Gasteiger partial charge in [-0.05, 0) is 37.0 Å². The Balaban J connectivity index is 2.11. The van der Waals surface area contributed by atoms with E-state index in [0.29, 0.717) is 23.6 Å². The second-order valence-corrected chi connectivity index (χ2v) is 8.13. The van der Waals surface area contributed by atoms with Gasteiger partial charge in [0, 0.05) is 41.6 Å². The van der Waals surface area contributed by atoms with Crippen LogP contribution in [-0.4, -0.2) is 37.7 Å². The van der Waals surface area contributed by atoms with Crippen molar-refractivity contribution in [2.45, 2.75) is 24.2 Å². The normalized spacial score (nSPS) is 16.2. The Morgan fingerprint density at radius 2 is 2.20 bits per heavy atom. The van der Waals surface area contributed by atoms with Gasteiger partial charge in [-0.1, -0.05) is 6.07 Å². The van der Waals surface area contributed by atoms with Crippen LogP contribution < -0.4 is 10.0 Å². The monoisotopic (exact) mass is 316 g/mol. The largest absolute Gasteiger partial charge is 0.385 e. The summed E-state index contributed by atoms with van der Waals surface area (Å²) in [6.45, 7) is 1.20. The number of rotatable bonds is 6. The Kier molecular flexibility index (Phi) is 5.17. The molecule has 0 radical (unpaired) electrons. The van der Waals surface area contributed by atoms with E-state index in [1.54, 1.807) is 18.4 Å². The van der Waals surface area contributed by atoms with Crippen LogP contribution in [-0.2, 0) is 27.2 Å². The van der Waals surface area contributed by atoms with Gasteiger partial charge < -0.3 is 5.32 Å². The number of sulfonamides is 1. The fraction of sp³-hybridized carbons (Fsp3) is 0.538. The number of hydrogen-bond acceptors (Lipinski definition) is 4. The molecule has 1 unspecified atom stereocenters. The first kappa shape index (κ1) is 15.5. The third-order valence-electron chi connectivity index (χ3n) is 3.24. The van der Waals surface area contributed by atoms with Crippen molar-refractivity contribution in [1.82, 2.24) is 4.72 Å². The van der Waals surface area contributed by atoms with E-state index in [-0.39, 0.29) is 0 Å². The van der Waals surface area contributed by atoms with Gasteiger partial charge >= 0.3 is 0 Å². The highest BCUT2D eigenvalue weighted by atomic mass is 32.2. The lowest BCUT2D eigenvalue weighted by atomic mass is 10.0. The summed E-state index contributed by atoms with van der Waals surface area (Å²) >= 11 is 0. The van der Waals surface area contributed by atoms with Gasteiger partial charge in [0.15, 0.2) is 0 Å². The van der Waals surface area contributed by atoms with Crippen molar-refractivity contribution >= 4 is 26.5 Å². The summed E-state index contributed by atoms with van der Waals surface area (Å²) in [6, 6.07) is 5.31. The number of nitrogens with one attached hydrogen (secondary N) is 2. The Morgan fingerprint density at radius 3 is 2.95 bits per heavy atom. The number of anilines is 1. The number of fused-ring (bicyclic) bond motifs is 1. The number of benzene rings is 1. The molecule has 0 amide bonds. The van der Waals surface area contributed by atoms with E-state index in [1.165, 1.54) is 0 Å². The van der Waals surface area contributed by atoms with E-state index < -0.39 is 20.8 Å². The maximum Gasteiger partial charge on any atom is 0.240 e. The van der Waals surface area contributed by atoms with E-state index in [2.05, 4.69) is 10.0 Å². The fourth-order valence-corrected chi connectivity index (χ4v) is 4.20. The summed E-state index contributed by atoms with van der Waals surface area (Å²) in [5.74, 6) is 0.511. The quantitative estimate of drug-likeness (QED) is 0.771. The van der Waals surface area contributed by atoms with Crippen molar-refractivity contribution in [3.05, 3.63) is 23.8 Å². The highest BCUT2D eigenvalue weighted by Gasteiger charge is 2.21. The Morgan fingerprint density at radius 1 is 1.40 bits per heavy atom. The Labute approximate surface area is 122 Å². The van der Waals surface area contributed by atoms with E-state index in [1.807, 2.05) is 6.07 Å². The molecule has 0 saturated heterocycles. The van der Waals surface area contributed by atoms with E-state index in [0.717, 1.165) is 30.6 Å². The Hall–Kier alpha value is -0.920. The first-order valence-electron chi connectivity index (χ1n) is 6.66. The molecule has 20 heavy (non-hydrogen) atoms. The van der Waals surface area contributed by atoms with Gasteiger partial charge in [0.05, 0.1) is 4.90 Å². The molecule has 1 aliphatic rings. The van der Waals surface area contributed by atoms with E-state index in [4.69, 9.17) is 0 Å². The molecule has 1 atom stereocenters. The van der Waals surface area contributed by atoms with Gasteiger partial charge in [-0.15, -0.1) is 0 Å². The maximum absolute atomic E-state index is 12.3. The van der Waals surface area contributed by atoms with E-state index >= 15 is 0 Å². The minimum Gasteiger partial charge on any atom is -0.385 e. The Bertz CT molecular complexity index is 600. The van der Waals surface area contributed by atoms with Crippen molar-refractivity contribution < 1.29 is 12.6 Å². The van der Waals surface area contributed by atoms with Crippen molar-refractivity contribution in [1.29, 1.82) is 0 Å². The smallest absolute Gasteiger partial charge is 0.240 e. The molecule has 1 heterocycles. The summed E-state index contributed by atoms with van der Waals surface area (Å²) in [6.07, 6.45) is 3.91. The molecular formula is C13H20N2O3S2. The molecule has 0 saturated carbocycles. The molecule has 2 rings (SSSR count). The maximum atomic E-state index is 12.3. The van der Waals surface area contributed by atoms with Crippen LogP contribution in [0.15, 0.2) is 23.1 Å². The third-order valence-corrected chi connectivity index (χ3v) is 5.65. The molecule has 0 aliphatic carbocycles. The lowest BCUT2D eigenvalue weighted by Gasteiger charge is -2.21. The molecule has 2 N–H and O–H groups in total. The zero-order valence-electron chi connectivity index (χ0n) is 11.5. The van der Waals surface area contributed by atoms with Gasteiger partial charge in [0.2, 0.25) is 10.0 Å². The van der Waals surface area contributed by atoms with Crippen LogP contribution in [0, 0.1) is 0 Å². The first-order chi connectivity index (χ1) is 9.50. The second-order valence-electron chi connectivity index (χ2n) is 4.84. The van der Waals surface area contributed by atoms with Crippen LogP contribution in [0.1, 0.15) is 18.4 Å². The zero-order chi connectivity index (χ0) is 14.6. The van der Waals surface area contributed by atoms with Crippen molar-refractivity contribution in [3.63, 3.8) is 0 Å². The second kappa shape index (κ2) is 6.69. The zero-order valence-corrected chi connectivity index (χ0v) is 13.1. The highest BCUT2D eigenvalue weighted by molar-refractivity contribution is 7.89. The molecule has 5 nitrogen and oxygen atoms in total. The minimum atomic E-state index is -3.49. The SMILES string of the molecule is CS(=O)CCCNS(=O)(=O)c1cccc2c1CCCN2. The van der Waals surface area contributed by atoms with Crippen LogP contribution in [0.5, 0.6) is 0 Å². The molecule has 112 valence electrons. The van der Waals surface area contributed by atoms with Gasteiger partial charge in [-0.2, -0.15) is 0 Å². The summed E-state index contributed by atoms with van der Waals surface area (Å²) in [7, 11) is -4.37. The predicted molar refractivity (Wildman–Crippen MR) is 82.0 cm³/mol. The predicted octanol–water partition coefficient (Wildman–Crippen LogP) is 1.09. The lowest BCUT2D eigenvalue weighted by molar-refractivity contribution is 0.579. The van der Waals surface area contributed by atoms with Gasteiger partial charge in [-0.25, -0.2) is 13.1 Å². The average Bonchev–Trinajstić information content (AvgIpc) is 2.43. The molecule has 7 heteroatoms. The van der Waals surface area contributed by atoms with Gasteiger partial charge in [0.1, 0.15) is 0 Å². The molecule has 1 aromatic carbocycles. The topological polar surface area (TPSA) is 75.3 Å². The minimum absolute atomic E-state index is 0.318. The highest BCUT2D eigenvalue weighted by Crippen LogP contribution is 2.28. The van der Waals surface area contributed by atoms with Crippen LogP contribution in [0.4, 0.5) is 5.69 Å². The summed E-state index contributed by atoms with van der Waals surface area (Å²) in [5, 5.41) is 3.22. The summed E-state index contributed by atoms with van der Waals surface area (Å²) in [4.78, 5) is 0.361. The van der Waals surface area contributed by atoms with Crippen molar-refractivity contribution in [2.24, 2.45) is 0 Å². The third kappa shape index (κ3) is 3.80. The van der Waals surface area contributed by atoms with Crippen LogP contribution in [0.25, 0.3) is 0 Å². The van der Waals surface area contributed by atoms with E-state index in [9.17, 15) is 12.6 Å². The molecule has 1 aliphatic heterocycles. The van der Waals surface area contributed by atoms with Crippen LogP contribution in [0.3, 0.4) is 0 Å². The van der Waals surface area contributed by atoms with Crippen LogP contribution >= 0.6 is 0 Å². The van der Waals surface area contributed by atoms with Gasteiger partial charge in [-0.3, -0.25) is 4.21 Å². The number of hydrogen-bond donors (Lipinski definition) is 2. The van der Waals surface area contributed by atoms with Crippen LogP contribution in [0.2, 0.25) is 0 Å². The molecular weight excluding hydrogens is 296 g/mol. The standard InChI is InChI=1S/C13H20N2O3S2/c1-19(16)10-4-9-15-20(17,18)13-7-2-6-12-11(13)5-3-8-14-12/h2,6-7,14-15H,3-5,8-10H2,1H3. The van der Waals surface area contributed by atoms with Crippen molar-refractivity contribution in [3.8, 4) is 0 Å². The lowest BCUT2D eigenvalue weighted by Crippen LogP contribution is -2.27.